The number of anilines is 2. The Kier molecular flexibility index (Phi) is 4.29. The molecule has 134 valence electrons. The van der Waals surface area contributed by atoms with Crippen molar-refractivity contribution in [1.82, 2.24) is 9.88 Å². The van der Waals surface area contributed by atoms with Crippen molar-refractivity contribution in [2.75, 3.05) is 43.4 Å². The van der Waals surface area contributed by atoms with Gasteiger partial charge in [-0.25, -0.2) is 4.98 Å². The van der Waals surface area contributed by atoms with Crippen LogP contribution >= 0.6 is 11.3 Å². The predicted octanol–water partition coefficient (Wildman–Crippen LogP) is 2.00. The summed E-state index contributed by atoms with van der Waals surface area (Å²) < 4.78 is 0. The van der Waals surface area contributed by atoms with Crippen LogP contribution in [-0.2, 0) is 12.8 Å². The van der Waals surface area contributed by atoms with Crippen molar-refractivity contribution in [3.63, 3.8) is 0 Å². The first kappa shape index (κ1) is 16.6. The summed E-state index contributed by atoms with van der Waals surface area (Å²) in [5, 5.41) is 0.976. The fourth-order valence-electron chi connectivity index (χ4n) is 4.11. The van der Waals surface area contributed by atoms with Crippen molar-refractivity contribution in [2.45, 2.75) is 32.6 Å². The van der Waals surface area contributed by atoms with Gasteiger partial charge in [0.2, 0.25) is 0 Å². The van der Waals surface area contributed by atoms with Gasteiger partial charge in [0.1, 0.15) is 15.5 Å². The van der Waals surface area contributed by atoms with Gasteiger partial charge in [0.15, 0.2) is 0 Å². The first-order valence-corrected chi connectivity index (χ1v) is 9.92. The lowest BCUT2D eigenvalue weighted by atomic mass is 9.89. The lowest BCUT2D eigenvalue weighted by molar-refractivity contribution is 0.100. The van der Waals surface area contributed by atoms with E-state index < -0.39 is 5.91 Å². The average molecular weight is 359 g/mol. The number of aromatic nitrogens is 1. The number of carbonyl (C=O) groups is 1. The summed E-state index contributed by atoms with van der Waals surface area (Å²) in [5.41, 5.74) is 15.0. The zero-order chi connectivity index (χ0) is 17.6. The Morgan fingerprint density at radius 1 is 1.16 bits per heavy atom. The van der Waals surface area contributed by atoms with Crippen molar-refractivity contribution in [2.24, 2.45) is 5.73 Å². The monoisotopic (exact) mass is 359 g/mol. The minimum atomic E-state index is -0.455. The van der Waals surface area contributed by atoms with Crippen molar-refractivity contribution in [1.29, 1.82) is 0 Å². The zero-order valence-corrected chi connectivity index (χ0v) is 15.5. The number of thiophene rings is 1. The van der Waals surface area contributed by atoms with Gasteiger partial charge in [-0.05, 0) is 43.4 Å². The van der Waals surface area contributed by atoms with Crippen LogP contribution in [0.3, 0.4) is 0 Å². The fourth-order valence-corrected chi connectivity index (χ4v) is 5.09. The highest BCUT2D eigenvalue weighted by Crippen LogP contribution is 2.41. The highest BCUT2D eigenvalue weighted by atomic mass is 32.1. The van der Waals surface area contributed by atoms with Crippen LogP contribution < -0.4 is 16.4 Å². The number of rotatable bonds is 3. The summed E-state index contributed by atoms with van der Waals surface area (Å²) in [7, 11) is 0. The Labute approximate surface area is 151 Å². The smallest absolute Gasteiger partial charge is 0.260 e. The van der Waals surface area contributed by atoms with Crippen LogP contribution in [0.2, 0.25) is 0 Å². The second kappa shape index (κ2) is 6.46. The van der Waals surface area contributed by atoms with E-state index in [1.807, 2.05) is 0 Å². The summed E-state index contributed by atoms with van der Waals surface area (Å²) in [4.78, 5) is 22.9. The minimum absolute atomic E-state index is 0.447. The van der Waals surface area contributed by atoms with Crippen molar-refractivity contribution < 1.29 is 4.79 Å². The molecule has 4 rings (SSSR count). The highest BCUT2D eigenvalue weighted by molar-refractivity contribution is 7.21. The molecule has 1 saturated heterocycles. The normalized spacial score (nSPS) is 18.5. The number of nitrogen functional groups attached to an aromatic ring is 1. The lowest BCUT2D eigenvalue weighted by Gasteiger charge is -2.36. The molecule has 0 radical (unpaired) electrons. The number of piperazine rings is 1. The van der Waals surface area contributed by atoms with Crippen molar-refractivity contribution in [3.8, 4) is 0 Å². The molecule has 1 amide bonds. The van der Waals surface area contributed by atoms with Crippen molar-refractivity contribution >= 4 is 39.0 Å². The molecule has 3 heterocycles. The van der Waals surface area contributed by atoms with Crippen LogP contribution in [0.25, 0.3) is 10.2 Å². The molecule has 2 aromatic heterocycles. The molecule has 1 aliphatic carbocycles. The zero-order valence-electron chi connectivity index (χ0n) is 14.7. The van der Waals surface area contributed by atoms with Gasteiger partial charge in [-0.2, -0.15) is 0 Å². The summed E-state index contributed by atoms with van der Waals surface area (Å²) in [6.45, 7) is 7.46. The lowest BCUT2D eigenvalue weighted by Crippen LogP contribution is -2.46. The van der Waals surface area contributed by atoms with Crippen LogP contribution in [0.15, 0.2) is 0 Å². The van der Waals surface area contributed by atoms with Crippen molar-refractivity contribution in [3.05, 3.63) is 16.0 Å². The molecule has 2 aromatic rings. The van der Waals surface area contributed by atoms with E-state index in [4.69, 9.17) is 16.5 Å². The maximum Gasteiger partial charge on any atom is 0.260 e. The maximum absolute atomic E-state index is 11.7. The quantitative estimate of drug-likeness (QED) is 0.875. The summed E-state index contributed by atoms with van der Waals surface area (Å²) in [5.74, 6) is 0.651. The number of aryl methyl sites for hydroxylation is 1. The van der Waals surface area contributed by atoms with E-state index in [1.165, 1.54) is 28.9 Å². The third-order valence-electron chi connectivity index (χ3n) is 5.52. The maximum atomic E-state index is 11.7. The molecular formula is C18H25N5OS. The number of likely N-dealkylation sites (N-methyl/N-ethyl adjacent to an activating group) is 1. The van der Waals surface area contributed by atoms with Gasteiger partial charge < -0.3 is 21.3 Å². The SMILES string of the molecule is CCN1CCN(c2nc3sc(C(N)=O)c(N)c3c3c2CCCC3)CC1. The first-order valence-electron chi connectivity index (χ1n) is 9.11. The molecule has 0 aromatic carbocycles. The van der Waals surface area contributed by atoms with E-state index in [0.717, 1.165) is 68.0 Å². The Bertz CT molecular complexity index is 823. The van der Waals surface area contributed by atoms with E-state index in [0.29, 0.717) is 10.6 Å². The van der Waals surface area contributed by atoms with Gasteiger partial charge >= 0.3 is 0 Å². The van der Waals surface area contributed by atoms with E-state index in [1.54, 1.807) is 0 Å². The third-order valence-corrected chi connectivity index (χ3v) is 6.63. The molecule has 1 fully saturated rings. The van der Waals surface area contributed by atoms with Gasteiger partial charge in [-0.1, -0.05) is 6.92 Å². The standard InChI is InChI=1S/C18H25N5OS/c1-2-22-7-9-23(10-8-22)17-12-6-4-3-5-11(12)13-14(19)15(16(20)24)25-18(13)21-17/h2-10,19H2,1H3,(H2,20,24). The van der Waals surface area contributed by atoms with E-state index in [2.05, 4.69) is 16.7 Å². The Hall–Kier alpha value is -1.86. The Morgan fingerprint density at radius 3 is 2.48 bits per heavy atom. The molecule has 2 aliphatic rings. The second-order valence-electron chi connectivity index (χ2n) is 6.91. The minimum Gasteiger partial charge on any atom is -0.397 e. The van der Waals surface area contributed by atoms with Crippen LogP contribution in [0.1, 0.15) is 40.6 Å². The molecule has 0 spiro atoms. The molecule has 1 aliphatic heterocycles. The molecule has 25 heavy (non-hydrogen) atoms. The molecule has 0 atom stereocenters. The molecule has 7 heteroatoms. The van der Waals surface area contributed by atoms with Gasteiger partial charge in [-0.15, -0.1) is 11.3 Å². The second-order valence-corrected chi connectivity index (χ2v) is 7.91. The number of amides is 1. The van der Waals surface area contributed by atoms with Gasteiger partial charge in [-0.3, -0.25) is 4.79 Å². The number of fused-ring (bicyclic) bond motifs is 3. The molecule has 0 saturated carbocycles. The van der Waals surface area contributed by atoms with E-state index >= 15 is 0 Å². The number of hydrogen-bond acceptors (Lipinski definition) is 6. The van der Waals surface area contributed by atoms with Gasteiger partial charge in [0, 0.05) is 31.6 Å². The molecule has 6 nitrogen and oxygen atoms in total. The average Bonchev–Trinajstić information content (AvgIpc) is 2.98. The Morgan fingerprint density at radius 2 is 1.84 bits per heavy atom. The predicted molar refractivity (Wildman–Crippen MR) is 104 cm³/mol. The molecule has 4 N–H and O–H groups in total. The number of pyridine rings is 1. The number of nitrogens with zero attached hydrogens (tertiary/aromatic N) is 3. The molecule has 0 unspecified atom stereocenters. The number of carbonyl (C=O) groups excluding carboxylic acids is 1. The summed E-state index contributed by atoms with van der Waals surface area (Å²) in [6, 6.07) is 0. The Balaban J connectivity index is 1.83. The third kappa shape index (κ3) is 2.75. The van der Waals surface area contributed by atoms with E-state index in [9.17, 15) is 4.79 Å². The highest BCUT2D eigenvalue weighted by Gasteiger charge is 2.27. The topological polar surface area (TPSA) is 88.5 Å². The first-order chi connectivity index (χ1) is 12.1. The molecule has 0 bridgehead atoms. The molecular weight excluding hydrogens is 334 g/mol. The van der Waals surface area contributed by atoms with Crippen LogP contribution in [0.5, 0.6) is 0 Å². The van der Waals surface area contributed by atoms with Gasteiger partial charge in [0.25, 0.3) is 5.91 Å². The number of hydrogen-bond donors (Lipinski definition) is 2. The number of primary amides is 1. The van der Waals surface area contributed by atoms with Gasteiger partial charge in [0.05, 0.1) is 5.69 Å². The largest absolute Gasteiger partial charge is 0.397 e. The van der Waals surface area contributed by atoms with Crippen LogP contribution in [0.4, 0.5) is 11.5 Å². The fraction of sp³-hybridized carbons (Fsp3) is 0.556. The van der Waals surface area contributed by atoms with E-state index in [-0.39, 0.29) is 0 Å². The number of nitrogens with two attached hydrogens (primary N) is 2. The summed E-state index contributed by atoms with van der Waals surface area (Å²) in [6.07, 6.45) is 4.41. The summed E-state index contributed by atoms with van der Waals surface area (Å²) >= 11 is 1.34. The van der Waals surface area contributed by atoms with Crippen LogP contribution in [0, 0.1) is 0 Å². The van der Waals surface area contributed by atoms with Crippen LogP contribution in [-0.4, -0.2) is 48.5 Å².